The third kappa shape index (κ3) is 4.03. The molecule has 23 heavy (non-hydrogen) atoms. The average Bonchev–Trinajstić information content (AvgIpc) is 3.37. The number of amides is 1. The van der Waals surface area contributed by atoms with Crippen molar-refractivity contribution in [1.29, 1.82) is 0 Å². The fraction of sp³-hybridized carbons (Fsp3) is 0.412. The Morgan fingerprint density at radius 1 is 1.35 bits per heavy atom. The van der Waals surface area contributed by atoms with Gasteiger partial charge in [-0.3, -0.25) is 14.6 Å². The number of aryl methyl sites for hydroxylation is 1. The predicted molar refractivity (Wildman–Crippen MR) is 86.9 cm³/mol. The van der Waals surface area contributed by atoms with Gasteiger partial charge >= 0.3 is 0 Å². The largest absolute Gasteiger partial charge is 0.356 e. The van der Waals surface area contributed by atoms with Gasteiger partial charge < -0.3 is 10.3 Å². The highest BCUT2D eigenvalue weighted by Crippen LogP contribution is 2.27. The van der Waals surface area contributed by atoms with Crippen LogP contribution in [-0.2, 0) is 11.2 Å². The number of aromatic nitrogens is 3. The number of hydrogen-bond donors (Lipinski definition) is 2. The molecule has 0 radical (unpaired) electrons. The van der Waals surface area contributed by atoms with E-state index in [4.69, 9.17) is 0 Å². The Hall–Kier alpha value is -2.50. The fourth-order valence-corrected chi connectivity index (χ4v) is 2.46. The second-order valence-electron chi connectivity index (χ2n) is 5.96. The van der Waals surface area contributed by atoms with E-state index in [1.165, 1.54) is 12.8 Å². The van der Waals surface area contributed by atoms with Crippen molar-refractivity contribution in [2.24, 2.45) is 5.92 Å². The zero-order valence-corrected chi connectivity index (χ0v) is 13.1. The lowest BCUT2D eigenvalue weighted by atomic mass is 10.1. The summed E-state index contributed by atoms with van der Waals surface area (Å²) in [5.41, 5.74) is 1.87. The Kier molecular flexibility index (Phi) is 4.50. The van der Waals surface area contributed by atoms with Gasteiger partial charge in [-0.25, -0.2) is 4.98 Å². The molecule has 1 aliphatic carbocycles. The molecule has 0 aromatic carbocycles. The van der Waals surface area contributed by atoms with Crippen LogP contribution in [0.25, 0.3) is 11.4 Å². The summed E-state index contributed by atoms with van der Waals surface area (Å²) >= 11 is 0. The molecular weight excluding hydrogens is 292 g/mol. The smallest absolute Gasteiger partial charge is 0.254 e. The second-order valence-corrected chi connectivity index (χ2v) is 5.96. The zero-order chi connectivity index (χ0) is 16.2. The Morgan fingerprint density at radius 2 is 2.09 bits per heavy atom. The lowest BCUT2D eigenvalue weighted by molar-refractivity contribution is -0.121. The summed E-state index contributed by atoms with van der Waals surface area (Å²) in [4.78, 5) is 35.3. The van der Waals surface area contributed by atoms with Crippen LogP contribution in [0, 0.1) is 12.8 Å². The predicted octanol–water partition coefficient (Wildman–Crippen LogP) is 1.60. The fourth-order valence-electron chi connectivity index (χ4n) is 2.46. The van der Waals surface area contributed by atoms with Crippen molar-refractivity contribution in [2.45, 2.75) is 32.6 Å². The molecule has 2 aromatic heterocycles. The molecule has 2 aromatic rings. The average molecular weight is 312 g/mol. The van der Waals surface area contributed by atoms with Gasteiger partial charge in [-0.1, -0.05) is 0 Å². The molecule has 6 heteroatoms. The molecule has 0 bridgehead atoms. The van der Waals surface area contributed by atoms with Crippen molar-refractivity contribution in [1.82, 2.24) is 20.3 Å². The van der Waals surface area contributed by atoms with Gasteiger partial charge in [0, 0.05) is 42.2 Å². The van der Waals surface area contributed by atoms with E-state index in [2.05, 4.69) is 20.3 Å². The molecule has 6 nitrogen and oxygen atoms in total. The highest BCUT2D eigenvalue weighted by molar-refractivity contribution is 5.76. The molecule has 1 saturated carbocycles. The summed E-state index contributed by atoms with van der Waals surface area (Å²) in [6, 6.07) is 3.59. The van der Waals surface area contributed by atoms with Gasteiger partial charge in [-0.05, 0) is 44.2 Å². The highest BCUT2D eigenvalue weighted by atomic mass is 16.1. The maximum atomic E-state index is 12.3. The Bertz CT molecular complexity index is 751. The molecule has 120 valence electrons. The molecule has 0 unspecified atom stereocenters. The number of aromatic amines is 1. The van der Waals surface area contributed by atoms with Crippen LogP contribution in [0.15, 0.2) is 29.3 Å². The van der Waals surface area contributed by atoms with E-state index in [1.54, 1.807) is 31.5 Å². The molecule has 0 atom stereocenters. The van der Waals surface area contributed by atoms with Gasteiger partial charge in [-0.15, -0.1) is 0 Å². The van der Waals surface area contributed by atoms with Gasteiger partial charge in [0.25, 0.3) is 5.56 Å². The first kappa shape index (κ1) is 15.4. The second kappa shape index (κ2) is 6.73. The minimum atomic E-state index is -0.181. The summed E-state index contributed by atoms with van der Waals surface area (Å²) in [5.74, 6) is 1.18. The number of hydrogen-bond acceptors (Lipinski definition) is 4. The van der Waals surface area contributed by atoms with Crippen LogP contribution in [0.3, 0.4) is 0 Å². The van der Waals surface area contributed by atoms with Crippen molar-refractivity contribution in [3.63, 3.8) is 0 Å². The first-order valence-electron chi connectivity index (χ1n) is 7.90. The van der Waals surface area contributed by atoms with Crippen LogP contribution in [0.2, 0.25) is 0 Å². The Balaban J connectivity index is 1.68. The normalized spacial score (nSPS) is 13.8. The first-order chi connectivity index (χ1) is 11.1. The molecule has 1 amide bonds. The van der Waals surface area contributed by atoms with Crippen LogP contribution < -0.4 is 10.9 Å². The van der Waals surface area contributed by atoms with E-state index < -0.39 is 0 Å². The third-order valence-electron chi connectivity index (χ3n) is 4.06. The van der Waals surface area contributed by atoms with Crippen LogP contribution in [0.1, 0.15) is 30.5 Å². The first-order valence-corrected chi connectivity index (χ1v) is 7.90. The summed E-state index contributed by atoms with van der Waals surface area (Å²) in [6.45, 7) is 2.56. The van der Waals surface area contributed by atoms with Crippen molar-refractivity contribution in [3.05, 3.63) is 46.1 Å². The van der Waals surface area contributed by atoms with Crippen LogP contribution in [-0.4, -0.2) is 27.4 Å². The van der Waals surface area contributed by atoms with Gasteiger partial charge in [0.15, 0.2) is 0 Å². The van der Waals surface area contributed by atoms with Crippen LogP contribution >= 0.6 is 0 Å². The van der Waals surface area contributed by atoms with Crippen molar-refractivity contribution >= 4 is 5.91 Å². The topological polar surface area (TPSA) is 87.7 Å². The maximum absolute atomic E-state index is 12.3. The lowest BCUT2D eigenvalue weighted by Gasteiger charge is -2.08. The third-order valence-corrected chi connectivity index (χ3v) is 4.06. The number of nitrogens with zero attached hydrogens (tertiary/aromatic N) is 2. The minimum absolute atomic E-state index is 0.00564. The number of nitrogens with one attached hydrogen (secondary N) is 2. The molecule has 0 spiro atoms. The highest BCUT2D eigenvalue weighted by Gasteiger charge is 2.21. The van der Waals surface area contributed by atoms with Gasteiger partial charge in [0.05, 0.1) is 0 Å². The maximum Gasteiger partial charge on any atom is 0.254 e. The van der Waals surface area contributed by atoms with Crippen molar-refractivity contribution < 1.29 is 4.79 Å². The standard InChI is InChI=1S/C17H20N4O2/c1-11-14(4-5-15(22)19-10-12-2-3-12)17(23)21-16(20-11)13-6-8-18-9-7-13/h6-9,12H,2-5,10H2,1H3,(H,19,22)(H,20,21,23). The summed E-state index contributed by atoms with van der Waals surface area (Å²) in [5, 5.41) is 2.91. The molecule has 0 saturated heterocycles. The number of carbonyl (C=O) groups excluding carboxylic acids is 1. The van der Waals surface area contributed by atoms with E-state index in [-0.39, 0.29) is 11.5 Å². The number of carbonyl (C=O) groups is 1. The van der Waals surface area contributed by atoms with E-state index in [0.29, 0.717) is 35.8 Å². The number of rotatable bonds is 6. The molecule has 1 aliphatic rings. The van der Waals surface area contributed by atoms with Crippen molar-refractivity contribution in [2.75, 3.05) is 6.54 Å². The zero-order valence-electron chi connectivity index (χ0n) is 13.1. The van der Waals surface area contributed by atoms with Crippen LogP contribution in [0.4, 0.5) is 0 Å². The minimum Gasteiger partial charge on any atom is -0.356 e. The monoisotopic (exact) mass is 312 g/mol. The van der Waals surface area contributed by atoms with Gasteiger partial charge in [0.1, 0.15) is 5.82 Å². The molecule has 2 N–H and O–H groups in total. The van der Waals surface area contributed by atoms with E-state index in [0.717, 1.165) is 12.1 Å². The van der Waals surface area contributed by atoms with E-state index in [1.807, 2.05) is 0 Å². The Morgan fingerprint density at radius 3 is 2.74 bits per heavy atom. The Labute approximate surface area is 134 Å². The lowest BCUT2D eigenvalue weighted by Crippen LogP contribution is -2.27. The van der Waals surface area contributed by atoms with Crippen LogP contribution in [0.5, 0.6) is 0 Å². The summed E-state index contributed by atoms with van der Waals surface area (Å²) in [6.07, 6.45) is 6.44. The quantitative estimate of drug-likeness (QED) is 0.848. The SMILES string of the molecule is Cc1nc(-c2ccncc2)[nH]c(=O)c1CCC(=O)NCC1CC1. The van der Waals surface area contributed by atoms with Gasteiger partial charge in [0.2, 0.25) is 5.91 Å². The summed E-state index contributed by atoms with van der Waals surface area (Å²) in [7, 11) is 0. The number of pyridine rings is 1. The summed E-state index contributed by atoms with van der Waals surface area (Å²) < 4.78 is 0. The molecule has 1 fully saturated rings. The molecule has 3 rings (SSSR count). The molecular formula is C17H20N4O2. The molecule has 2 heterocycles. The van der Waals surface area contributed by atoms with E-state index in [9.17, 15) is 9.59 Å². The molecule has 0 aliphatic heterocycles. The van der Waals surface area contributed by atoms with Crippen molar-refractivity contribution in [3.8, 4) is 11.4 Å². The number of H-pyrrole nitrogens is 1. The van der Waals surface area contributed by atoms with E-state index >= 15 is 0 Å². The van der Waals surface area contributed by atoms with Gasteiger partial charge in [-0.2, -0.15) is 0 Å².